The van der Waals surface area contributed by atoms with Crippen molar-refractivity contribution < 1.29 is 32.2 Å². The predicted molar refractivity (Wildman–Crippen MR) is 103 cm³/mol. The van der Waals surface area contributed by atoms with Gasteiger partial charge in [-0.3, -0.25) is 4.79 Å². The molecule has 1 aromatic carbocycles. The number of nitrogens with one attached hydrogen (secondary N) is 1. The highest BCUT2D eigenvalue weighted by molar-refractivity contribution is 5.81. The van der Waals surface area contributed by atoms with Crippen LogP contribution in [0.4, 0.5) is 18.0 Å². The number of ether oxygens (including phenoxy) is 2. The van der Waals surface area contributed by atoms with Gasteiger partial charge in [0.05, 0.1) is 5.54 Å². The van der Waals surface area contributed by atoms with Crippen LogP contribution < -0.4 is 10.1 Å². The Labute approximate surface area is 178 Å². The van der Waals surface area contributed by atoms with Crippen molar-refractivity contribution in [2.45, 2.75) is 56.3 Å². The van der Waals surface area contributed by atoms with Crippen molar-refractivity contribution in [1.29, 1.82) is 0 Å². The molecule has 0 radical (unpaired) electrons. The molecule has 31 heavy (non-hydrogen) atoms. The van der Waals surface area contributed by atoms with Crippen LogP contribution in [0.3, 0.4) is 0 Å². The first-order valence-electron chi connectivity index (χ1n) is 10.7. The number of rotatable bonds is 3. The zero-order valence-corrected chi connectivity index (χ0v) is 17.0. The Morgan fingerprint density at radius 3 is 2.48 bits per heavy atom. The molecule has 2 aliphatic heterocycles. The van der Waals surface area contributed by atoms with Crippen molar-refractivity contribution in [3.8, 4) is 5.75 Å². The first-order valence-corrected chi connectivity index (χ1v) is 10.7. The van der Waals surface area contributed by atoms with Gasteiger partial charge in [0.1, 0.15) is 12.4 Å². The fourth-order valence-electron chi connectivity index (χ4n) is 5.83. The largest absolute Gasteiger partial charge is 0.573 e. The van der Waals surface area contributed by atoms with Gasteiger partial charge in [-0.1, -0.05) is 12.1 Å². The molecular formula is C22H25F3N2O4. The number of alkyl carbamates (subject to hydrolysis) is 1. The highest BCUT2D eigenvalue weighted by Crippen LogP contribution is 2.57. The summed E-state index contributed by atoms with van der Waals surface area (Å²) in [5.74, 6) is 0.168. The number of benzene rings is 1. The van der Waals surface area contributed by atoms with E-state index >= 15 is 0 Å². The van der Waals surface area contributed by atoms with Crippen LogP contribution in [-0.4, -0.2) is 48.5 Å². The van der Waals surface area contributed by atoms with Crippen molar-refractivity contribution in [2.24, 2.45) is 11.3 Å². The predicted octanol–water partition coefficient (Wildman–Crippen LogP) is 3.96. The lowest BCUT2D eigenvalue weighted by Crippen LogP contribution is -2.59. The van der Waals surface area contributed by atoms with E-state index in [1.165, 1.54) is 12.1 Å². The normalized spacial score (nSPS) is 25.0. The molecule has 2 saturated carbocycles. The van der Waals surface area contributed by atoms with E-state index in [0.29, 0.717) is 19.4 Å². The number of hydrogen-bond donors (Lipinski definition) is 1. The third-order valence-corrected chi connectivity index (χ3v) is 7.53. The summed E-state index contributed by atoms with van der Waals surface area (Å²) in [5, 5.41) is 2.82. The van der Waals surface area contributed by atoms with E-state index in [1.807, 2.05) is 11.0 Å². The molecule has 0 bridgehead atoms. The summed E-state index contributed by atoms with van der Waals surface area (Å²) < 4.78 is 46.4. The minimum atomic E-state index is -4.69. The van der Waals surface area contributed by atoms with Gasteiger partial charge in [-0.15, -0.1) is 13.2 Å². The SMILES string of the molecule is O=C1N[C@]2(CO1)C[C@H](C(=O)N1CCC3(CC1)CC(c1cccc(OC(F)(F)F)c1)C3)C2. The molecule has 9 heteroatoms. The van der Waals surface area contributed by atoms with Crippen LogP contribution in [0.25, 0.3) is 0 Å². The van der Waals surface area contributed by atoms with E-state index in [-0.39, 0.29) is 34.4 Å². The number of halogens is 3. The zero-order valence-electron chi connectivity index (χ0n) is 17.0. The van der Waals surface area contributed by atoms with Gasteiger partial charge in [0.15, 0.2) is 0 Å². The van der Waals surface area contributed by atoms with Crippen molar-refractivity contribution in [2.75, 3.05) is 19.7 Å². The van der Waals surface area contributed by atoms with Gasteiger partial charge < -0.3 is 19.7 Å². The van der Waals surface area contributed by atoms with Gasteiger partial charge >= 0.3 is 12.5 Å². The number of alkyl halides is 3. The molecule has 2 aliphatic carbocycles. The molecule has 2 amide bonds. The van der Waals surface area contributed by atoms with E-state index in [9.17, 15) is 22.8 Å². The van der Waals surface area contributed by atoms with Crippen LogP contribution in [0.5, 0.6) is 5.75 Å². The average Bonchev–Trinajstić information content (AvgIpc) is 3.05. The zero-order chi connectivity index (χ0) is 21.9. The lowest BCUT2D eigenvalue weighted by Gasteiger charge is -2.53. The molecule has 2 heterocycles. The molecular weight excluding hydrogens is 413 g/mol. The molecule has 5 rings (SSSR count). The molecule has 2 spiro atoms. The monoisotopic (exact) mass is 438 g/mol. The minimum absolute atomic E-state index is 0.0541. The highest BCUT2D eigenvalue weighted by Gasteiger charge is 2.54. The number of hydrogen-bond acceptors (Lipinski definition) is 4. The van der Waals surface area contributed by atoms with Crippen LogP contribution in [0.1, 0.15) is 50.0 Å². The van der Waals surface area contributed by atoms with Gasteiger partial charge in [0.25, 0.3) is 0 Å². The number of cyclic esters (lactones) is 1. The number of carbonyl (C=O) groups excluding carboxylic acids is 2. The van der Waals surface area contributed by atoms with Gasteiger partial charge in [0, 0.05) is 19.0 Å². The quantitative estimate of drug-likeness (QED) is 0.776. The van der Waals surface area contributed by atoms with Gasteiger partial charge in [-0.05, 0) is 67.6 Å². The molecule has 168 valence electrons. The lowest BCUT2D eigenvalue weighted by molar-refractivity contribution is -0.274. The Hall–Kier alpha value is -2.45. The Morgan fingerprint density at radius 2 is 1.87 bits per heavy atom. The Bertz CT molecular complexity index is 881. The maximum Gasteiger partial charge on any atom is 0.573 e. The Morgan fingerprint density at radius 1 is 1.16 bits per heavy atom. The molecule has 0 atom stereocenters. The summed E-state index contributed by atoms with van der Waals surface area (Å²) in [5.41, 5.74) is 0.711. The molecule has 2 saturated heterocycles. The number of carbonyl (C=O) groups is 2. The Kier molecular flexibility index (Phi) is 4.64. The van der Waals surface area contributed by atoms with E-state index in [0.717, 1.165) is 44.3 Å². The summed E-state index contributed by atoms with van der Waals surface area (Å²) in [6, 6.07) is 6.27. The number of amides is 2. The topological polar surface area (TPSA) is 67.9 Å². The third-order valence-electron chi connectivity index (χ3n) is 7.53. The molecule has 4 fully saturated rings. The van der Waals surface area contributed by atoms with Crippen LogP contribution in [0.2, 0.25) is 0 Å². The standard InChI is InChI=1S/C22H25F3N2O4/c23-22(24,25)31-17-3-1-2-14(8-17)15-9-20(10-15)4-6-27(7-5-20)18(28)16-11-21(12-16)13-30-19(29)26-21/h1-3,8,15-16H,4-7,9-13H2,(H,26,29)/t16-,21+. The molecule has 0 aromatic heterocycles. The molecule has 1 N–H and O–H groups in total. The van der Waals surface area contributed by atoms with Crippen LogP contribution in [0.15, 0.2) is 24.3 Å². The second-order valence-corrected chi connectivity index (χ2v) is 9.64. The van der Waals surface area contributed by atoms with Gasteiger partial charge in [0.2, 0.25) is 5.91 Å². The first-order chi connectivity index (χ1) is 14.6. The molecule has 6 nitrogen and oxygen atoms in total. The maximum atomic E-state index is 12.8. The summed E-state index contributed by atoms with van der Waals surface area (Å²) in [4.78, 5) is 26.0. The third kappa shape index (κ3) is 3.94. The second-order valence-electron chi connectivity index (χ2n) is 9.64. The smallest absolute Gasteiger partial charge is 0.447 e. The highest BCUT2D eigenvalue weighted by atomic mass is 19.4. The van der Waals surface area contributed by atoms with E-state index in [1.54, 1.807) is 6.07 Å². The minimum Gasteiger partial charge on any atom is -0.447 e. The van der Waals surface area contributed by atoms with Crippen LogP contribution in [-0.2, 0) is 9.53 Å². The summed E-state index contributed by atoms with van der Waals surface area (Å²) >= 11 is 0. The van der Waals surface area contributed by atoms with Crippen molar-refractivity contribution in [3.05, 3.63) is 29.8 Å². The molecule has 4 aliphatic rings. The van der Waals surface area contributed by atoms with E-state index in [4.69, 9.17) is 4.74 Å². The van der Waals surface area contributed by atoms with Crippen molar-refractivity contribution >= 4 is 12.0 Å². The van der Waals surface area contributed by atoms with E-state index < -0.39 is 12.5 Å². The lowest BCUT2D eigenvalue weighted by atomic mass is 9.56. The first kappa shape index (κ1) is 20.5. The number of piperidine rings is 1. The fourth-order valence-corrected chi connectivity index (χ4v) is 5.83. The summed E-state index contributed by atoms with van der Waals surface area (Å²) in [6.07, 6.45) is -0.108. The van der Waals surface area contributed by atoms with Crippen LogP contribution in [0, 0.1) is 11.3 Å². The number of nitrogens with zero attached hydrogens (tertiary/aromatic N) is 1. The van der Waals surface area contributed by atoms with Crippen molar-refractivity contribution in [1.82, 2.24) is 10.2 Å². The molecule has 1 aromatic rings. The van der Waals surface area contributed by atoms with Crippen LogP contribution >= 0.6 is 0 Å². The maximum absolute atomic E-state index is 12.8. The molecule has 0 unspecified atom stereocenters. The second kappa shape index (κ2) is 7.03. The number of likely N-dealkylation sites (tertiary alicyclic amines) is 1. The fraction of sp³-hybridized carbons (Fsp3) is 0.636. The Balaban J connectivity index is 1.11. The average molecular weight is 438 g/mol. The van der Waals surface area contributed by atoms with Gasteiger partial charge in [-0.25, -0.2) is 4.79 Å². The van der Waals surface area contributed by atoms with Gasteiger partial charge in [-0.2, -0.15) is 0 Å². The van der Waals surface area contributed by atoms with E-state index in [2.05, 4.69) is 10.1 Å². The summed E-state index contributed by atoms with van der Waals surface area (Å²) in [7, 11) is 0. The van der Waals surface area contributed by atoms with Crippen molar-refractivity contribution in [3.63, 3.8) is 0 Å². The summed E-state index contributed by atoms with van der Waals surface area (Å²) in [6.45, 7) is 1.78.